The first-order valence-corrected chi connectivity index (χ1v) is 9.11. The van der Waals surface area contributed by atoms with Crippen LogP contribution >= 0.6 is 0 Å². The van der Waals surface area contributed by atoms with Crippen LogP contribution in [-0.4, -0.2) is 66.3 Å². The van der Waals surface area contributed by atoms with Gasteiger partial charge in [-0.25, -0.2) is 4.79 Å². The number of ether oxygens (including phenoxy) is 1. The van der Waals surface area contributed by atoms with Gasteiger partial charge in [-0.05, 0) is 18.4 Å². The molecule has 0 bridgehead atoms. The summed E-state index contributed by atoms with van der Waals surface area (Å²) in [5.74, 6) is -1.03. The van der Waals surface area contributed by atoms with Crippen molar-refractivity contribution >= 4 is 17.9 Å². The molecule has 2 rings (SSSR count). The quantitative estimate of drug-likeness (QED) is 0.627. The van der Waals surface area contributed by atoms with E-state index in [-0.39, 0.29) is 30.5 Å². The molecule has 1 saturated heterocycles. The fraction of sp³-hybridized carbons (Fsp3) is 0.526. The molecule has 1 heterocycles. The summed E-state index contributed by atoms with van der Waals surface area (Å²) in [6.07, 6.45) is 0.668. The predicted molar refractivity (Wildman–Crippen MR) is 99.3 cm³/mol. The Bertz CT molecular complexity index is 637. The van der Waals surface area contributed by atoms with E-state index >= 15 is 0 Å². The van der Waals surface area contributed by atoms with Crippen molar-refractivity contribution in [2.45, 2.75) is 38.3 Å². The Balaban J connectivity index is 1.92. The fourth-order valence-corrected chi connectivity index (χ4v) is 2.97. The van der Waals surface area contributed by atoms with Crippen LogP contribution in [0.25, 0.3) is 0 Å². The number of carbonyl (C=O) groups excluding carboxylic acids is 2. The molecule has 8 heteroatoms. The number of rotatable bonds is 8. The number of nitrogens with one attached hydrogen (secondary N) is 2. The number of carboxylic acid groups (broad SMARTS) is 1. The van der Waals surface area contributed by atoms with Crippen LogP contribution in [0, 0.1) is 0 Å². The summed E-state index contributed by atoms with van der Waals surface area (Å²) in [5.41, 5.74) is 1.04. The third-order valence-corrected chi connectivity index (χ3v) is 4.36. The maximum atomic E-state index is 12.7. The minimum Gasteiger partial charge on any atom is -0.481 e. The van der Waals surface area contributed by atoms with E-state index in [9.17, 15) is 14.4 Å². The molecule has 27 heavy (non-hydrogen) atoms. The topological polar surface area (TPSA) is 108 Å². The van der Waals surface area contributed by atoms with Gasteiger partial charge >= 0.3 is 12.0 Å². The van der Waals surface area contributed by atoms with E-state index in [0.717, 1.165) is 5.56 Å². The zero-order valence-electron chi connectivity index (χ0n) is 15.5. The molecule has 2 unspecified atom stereocenters. The average molecular weight is 377 g/mol. The second-order valence-corrected chi connectivity index (χ2v) is 6.64. The van der Waals surface area contributed by atoms with E-state index in [2.05, 4.69) is 10.6 Å². The minimum absolute atomic E-state index is 0.00789. The molecule has 148 valence electrons. The van der Waals surface area contributed by atoms with Gasteiger partial charge in [0.05, 0.1) is 19.3 Å². The molecule has 0 radical (unpaired) electrons. The SMILES string of the molecule is CC(=O)NCC1CN(C(=O)NC(CCC(=O)O)Cc2ccccc2)CCO1. The van der Waals surface area contributed by atoms with E-state index in [1.807, 2.05) is 30.3 Å². The number of carboxylic acids is 1. The van der Waals surface area contributed by atoms with Crippen LogP contribution in [0.5, 0.6) is 0 Å². The van der Waals surface area contributed by atoms with Gasteiger partial charge < -0.3 is 25.4 Å². The largest absolute Gasteiger partial charge is 0.481 e. The first-order chi connectivity index (χ1) is 12.9. The molecule has 0 aliphatic carbocycles. The Kier molecular flexibility index (Phi) is 8.06. The number of carbonyl (C=O) groups is 3. The Hall–Kier alpha value is -2.61. The van der Waals surface area contributed by atoms with E-state index in [0.29, 0.717) is 39.1 Å². The summed E-state index contributed by atoms with van der Waals surface area (Å²) in [7, 11) is 0. The van der Waals surface area contributed by atoms with E-state index in [1.165, 1.54) is 6.92 Å². The molecule has 1 fully saturated rings. The van der Waals surface area contributed by atoms with Crippen molar-refractivity contribution in [1.29, 1.82) is 0 Å². The molecule has 0 spiro atoms. The smallest absolute Gasteiger partial charge is 0.317 e. The standard InChI is InChI=1S/C19H27N3O5/c1-14(23)20-12-17-13-22(9-10-27-17)19(26)21-16(7-8-18(24)25)11-15-5-3-2-4-6-15/h2-6,16-17H,7-13H2,1H3,(H,20,23)(H,21,26)(H,24,25). The normalized spacial score (nSPS) is 17.8. The van der Waals surface area contributed by atoms with E-state index < -0.39 is 5.97 Å². The summed E-state index contributed by atoms with van der Waals surface area (Å²) in [4.78, 5) is 36.3. The Morgan fingerprint density at radius 3 is 2.70 bits per heavy atom. The summed E-state index contributed by atoms with van der Waals surface area (Å²) in [5, 5.41) is 14.6. The molecule has 2 atom stereocenters. The number of aliphatic carboxylic acids is 1. The summed E-state index contributed by atoms with van der Waals surface area (Å²) in [6, 6.07) is 9.15. The highest BCUT2D eigenvalue weighted by atomic mass is 16.5. The average Bonchev–Trinajstić information content (AvgIpc) is 2.65. The van der Waals surface area contributed by atoms with Crippen LogP contribution < -0.4 is 10.6 Å². The van der Waals surface area contributed by atoms with Crippen LogP contribution in [0.3, 0.4) is 0 Å². The first-order valence-electron chi connectivity index (χ1n) is 9.11. The van der Waals surface area contributed by atoms with Crippen LogP contribution in [0.1, 0.15) is 25.3 Å². The van der Waals surface area contributed by atoms with Crippen LogP contribution in [0.4, 0.5) is 4.79 Å². The third kappa shape index (κ3) is 7.65. The minimum atomic E-state index is -0.885. The molecule has 1 aliphatic heterocycles. The van der Waals surface area contributed by atoms with Gasteiger partial charge in [0.25, 0.3) is 0 Å². The van der Waals surface area contributed by atoms with Gasteiger partial charge in [-0.15, -0.1) is 0 Å². The molecule has 1 aromatic rings. The van der Waals surface area contributed by atoms with Crippen molar-refractivity contribution in [3.63, 3.8) is 0 Å². The highest BCUT2D eigenvalue weighted by Crippen LogP contribution is 2.10. The zero-order chi connectivity index (χ0) is 19.6. The van der Waals surface area contributed by atoms with E-state index in [4.69, 9.17) is 9.84 Å². The molecule has 3 amide bonds. The van der Waals surface area contributed by atoms with Crippen molar-refractivity contribution < 1.29 is 24.2 Å². The highest BCUT2D eigenvalue weighted by Gasteiger charge is 2.26. The van der Waals surface area contributed by atoms with Crippen molar-refractivity contribution in [1.82, 2.24) is 15.5 Å². The number of nitrogens with zero attached hydrogens (tertiary/aromatic N) is 1. The number of hydrogen-bond acceptors (Lipinski definition) is 4. The summed E-state index contributed by atoms with van der Waals surface area (Å²) in [6.45, 7) is 3.02. The summed E-state index contributed by atoms with van der Waals surface area (Å²) < 4.78 is 5.57. The zero-order valence-corrected chi connectivity index (χ0v) is 15.5. The number of amides is 3. The van der Waals surface area contributed by atoms with Gasteiger partial charge in [0, 0.05) is 32.5 Å². The van der Waals surface area contributed by atoms with Crippen LogP contribution in [0.2, 0.25) is 0 Å². The predicted octanol–water partition coefficient (Wildman–Crippen LogP) is 1.01. The lowest BCUT2D eigenvalue weighted by molar-refractivity contribution is -0.137. The summed E-state index contributed by atoms with van der Waals surface area (Å²) >= 11 is 0. The monoisotopic (exact) mass is 377 g/mol. The van der Waals surface area contributed by atoms with Gasteiger partial charge in [0.1, 0.15) is 0 Å². The second kappa shape index (κ2) is 10.5. The van der Waals surface area contributed by atoms with Crippen molar-refractivity contribution in [3.05, 3.63) is 35.9 Å². The van der Waals surface area contributed by atoms with Crippen LogP contribution in [-0.2, 0) is 20.7 Å². The molecule has 1 aliphatic rings. The van der Waals surface area contributed by atoms with Gasteiger partial charge in [-0.3, -0.25) is 9.59 Å². The Labute approximate surface area is 158 Å². The lowest BCUT2D eigenvalue weighted by atomic mass is 10.0. The fourth-order valence-electron chi connectivity index (χ4n) is 2.97. The lowest BCUT2D eigenvalue weighted by Crippen LogP contribution is -2.54. The van der Waals surface area contributed by atoms with Crippen LogP contribution in [0.15, 0.2) is 30.3 Å². The molecule has 3 N–H and O–H groups in total. The number of hydrogen-bond donors (Lipinski definition) is 3. The maximum Gasteiger partial charge on any atom is 0.317 e. The van der Waals surface area contributed by atoms with Gasteiger partial charge in [0.2, 0.25) is 5.91 Å². The Morgan fingerprint density at radius 2 is 2.04 bits per heavy atom. The van der Waals surface area contributed by atoms with Crippen molar-refractivity contribution in [3.8, 4) is 0 Å². The lowest BCUT2D eigenvalue weighted by Gasteiger charge is -2.34. The van der Waals surface area contributed by atoms with Gasteiger partial charge in [0.15, 0.2) is 0 Å². The second-order valence-electron chi connectivity index (χ2n) is 6.64. The Morgan fingerprint density at radius 1 is 1.30 bits per heavy atom. The first kappa shape index (κ1) is 20.7. The molecule has 0 aromatic heterocycles. The van der Waals surface area contributed by atoms with E-state index in [1.54, 1.807) is 4.90 Å². The molecular formula is C19H27N3O5. The maximum absolute atomic E-state index is 12.7. The molecular weight excluding hydrogens is 350 g/mol. The molecule has 8 nitrogen and oxygen atoms in total. The van der Waals surface area contributed by atoms with Gasteiger partial charge in [-0.1, -0.05) is 30.3 Å². The molecule has 0 saturated carbocycles. The van der Waals surface area contributed by atoms with Crippen molar-refractivity contribution in [2.24, 2.45) is 0 Å². The highest BCUT2D eigenvalue weighted by molar-refractivity contribution is 5.75. The van der Waals surface area contributed by atoms with Gasteiger partial charge in [-0.2, -0.15) is 0 Å². The van der Waals surface area contributed by atoms with Crippen molar-refractivity contribution in [2.75, 3.05) is 26.2 Å². The number of urea groups is 1. The third-order valence-electron chi connectivity index (χ3n) is 4.36. The molecule has 1 aromatic carbocycles. The number of benzene rings is 1. The number of morpholine rings is 1.